The van der Waals surface area contributed by atoms with Gasteiger partial charge in [0.15, 0.2) is 0 Å². The van der Waals surface area contributed by atoms with Gasteiger partial charge in [-0.25, -0.2) is 0 Å². The molecule has 7 heteroatoms. The summed E-state index contributed by atoms with van der Waals surface area (Å²) in [6, 6.07) is 6.11. The number of rotatable bonds is 3. The van der Waals surface area contributed by atoms with E-state index < -0.39 is 5.91 Å². The molecule has 2 amide bonds. The Morgan fingerprint density at radius 1 is 1.26 bits per heavy atom. The van der Waals surface area contributed by atoms with Crippen LogP contribution in [0, 0.1) is 0 Å². The summed E-state index contributed by atoms with van der Waals surface area (Å²) >= 11 is 7.00. The Bertz CT molecular complexity index is 654. The molecule has 2 rings (SSSR count). The number of carbonyl (C=O) groups is 2. The number of hydrogen-bond donors (Lipinski definition) is 3. The zero-order valence-corrected chi connectivity index (χ0v) is 11.2. The molecule has 0 radical (unpaired) electrons. The van der Waals surface area contributed by atoms with Crippen molar-refractivity contribution in [1.29, 1.82) is 0 Å². The van der Waals surface area contributed by atoms with Crippen LogP contribution in [0.1, 0.15) is 20.7 Å². The standard InChI is InChI=1S/C12H10ClN3O2S/c13-8-2-1-6(5-9(8)14)11(18)16-12-7(10(15)17)3-4-19-12/h1-5H,14H2,(H2,15,17)(H,16,18). The molecule has 0 aliphatic rings. The highest BCUT2D eigenvalue weighted by molar-refractivity contribution is 7.14. The molecule has 5 N–H and O–H groups in total. The monoisotopic (exact) mass is 295 g/mol. The van der Waals surface area contributed by atoms with Gasteiger partial charge in [0, 0.05) is 5.56 Å². The first-order valence-corrected chi connectivity index (χ1v) is 6.48. The van der Waals surface area contributed by atoms with Crippen molar-refractivity contribution in [3.63, 3.8) is 0 Å². The minimum absolute atomic E-state index is 0.278. The van der Waals surface area contributed by atoms with Crippen LogP contribution in [0.25, 0.3) is 0 Å². The Labute approximate surface area is 118 Å². The summed E-state index contributed by atoms with van der Waals surface area (Å²) in [6.07, 6.45) is 0. The third kappa shape index (κ3) is 2.86. The van der Waals surface area contributed by atoms with Crippen LogP contribution in [-0.4, -0.2) is 11.8 Å². The van der Waals surface area contributed by atoms with Crippen LogP contribution < -0.4 is 16.8 Å². The van der Waals surface area contributed by atoms with Gasteiger partial charge in [-0.2, -0.15) is 0 Å². The lowest BCUT2D eigenvalue weighted by molar-refractivity contribution is 0.100. The summed E-state index contributed by atoms with van der Waals surface area (Å²) in [5.41, 5.74) is 11.8. The maximum Gasteiger partial charge on any atom is 0.256 e. The Balaban J connectivity index is 2.23. The summed E-state index contributed by atoms with van der Waals surface area (Å²) in [5, 5.41) is 5.08. The zero-order valence-electron chi connectivity index (χ0n) is 9.64. The number of primary amides is 1. The van der Waals surface area contributed by atoms with Gasteiger partial charge in [0.1, 0.15) is 5.00 Å². The van der Waals surface area contributed by atoms with Gasteiger partial charge in [-0.3, -0.25) is 9.59 Å². The van der Waals surface area contributed by atoms with E-state index >= 15 is 0 Å². The van der Waals surface area contributed by atoms with Crippen LogP contribution >= 0.6 is 22.9 Å². The molecule has 0 fully saturated rings. The highest BCUT2D eigenvalue weighted by Crippen LogP contribution is 2.24. The van der Waals surface area contributed by atoms with E-state index in [0.29, 0.717) is 21.3 Å². The summed E-state index contributed by atoms with van der Waals surface area (Å²) in [6.45, 7) is 0. The fourth-order valence-electron chi connectivity index (χ4n) is 1.46. The van der Waals surface area contributed by atoms with Gasteiger partial charge in [0.2, 0.25) is 0 Å². The van der Waals surface area contributed by atoms with Crippen LogP contribution in [0.4, 0.5) is 10.7 Å². The van der Waals surface area contributed by atoms with E-state index in [1.54, 1.807) is 17.5 Å². The lowest BCUT2D eigenvalue weighted by atomic mass is 10.2. The van der Waals surface area contributed by atoms with Crippen molar-refractivity contribution in [3.05, 3.63) is 45.8 Å². The van der Waals surface area contributed by atoms with Gasteiger partial charge in [-0.15, -0.1) is 11.3 Å². The summed E-state index contributed by atoms with van der Waals surface area (Å²) in [4.78, 5) is 23.1. The third-order valence-corrected chi connectivity index (χ3v) is 3.59. The minimum atomic E-state index is -0.591. The van der Waals surface area contributed by atoms with Crippen molar-refractivity contribution < 1.29 is 9.59 Å². The molecule has 0 spiro atoms. The van der Waals surface area contributed by atoms with Crippen molar-refractivity contribution in [2.24, 2.45) is 5.73 Å². The molecule has 0 aliphatic heterocycles. The third-order valence-electron chi connectivity index (χ3n) is 2.42. The van der Waals surface area contributed by atoms with Gasteiger partial charge in [0.25, 0.3) is 11.8 Å². The second kappa shape index (κ2) is 5.29. The van der Waals surface area contributed by atoms with Gasteiger partial charge >= 0.3 is 0 Å². The van der Waals surface area contributed by atoms with Crippen LogP contribution in [0.3, 0.4) is 0 Å². The first-order valence-electron chi connectivity index (χ1n) is 5.22. The lowest BCUT2D eigenvalue weighted by Crippen LogP contribution is -2.16. The second-order valence-corrected chi connectivity index (χ2v) is 5.04. The Morgan fingerprint density at radius 2 is 2.00 bits per heavy atom. The Hall–Kier alpha value is -2.05. The number of benzene rings is 1. The van der Waals surface area contributed by atoms with Crippen LogP contribution in [-0.2, 0) is 0 Å². The summed E-state index contributed by atoms with van der Waals surface area (Å²) in [5.74, 6) is -0.972. The molecule has 0 saturated heterocycles. The normalized spacial score (nSPS) is 10.2. The molecular formula is C12H10ClN3O2S. The number of anilines is 2. The second-order valence-electron chi connectivity index (χ2n) is 3.72. The number of amides is 2. The number of thiophene rings is 1. The highest BCUT2D eigenvalue weighted by Gasteiger charge is 2.14. The van der Waals surface area contributed by atoms with E-state index in [0.717, 1.165) is 0 Å². The number of halogens is 1. The number of nitrogens with one attached hydrogen (secondary N) is 1. The SMILES string of the molecule is NC(=O)c1ccsc1NC(=O)c1ccc(Cl)c(N)c1. The Morgan fingerprint density at radius 3 is 2.63 bits per heavy atom. The molecule has 1 heterocycles. The number of carbonyl (C=O) groups excluding carboxylic acids is 2. The van der Waals surface area contributed by atoms with Crippen molar-refractivity contribution >= 4 is 45.4 Å². The molecular weight excluding hydrogens is 286 g/mol. The molecule has 2 aromatic rings. The largest absolute Gasteiger partial charge is 0.398 e. The first-order chi connectivity index (χ1) is 8.99. The van der Waals surface area contributed by atoms with E-state index in [9.17, 15) is 9.59 Å². The summed E-state index contributed by atoms with van der Waals surface area (Å²) in [7, 11) is 0. The van der Waals surface area contributed by atoms with E-state index in [2.05, 4.69) is 5.32 Å². The van der Waals surface area contributed by atoms with Crippen molar-refractivity contribution in [1.82, 2.24) is 0 Å². The smallest absolute Gasteiger partial charge is 0.256 e. The molecule has 1 aromatic carbocycles. The molecule has 0 unspecified atom stereocenters. The topological polar surface area (TPSA) is 98.2 Å². The van der Waals surface area contributed by atoms with Crippen molar-refractivity contribution in [3.8, 4) is 0 Å². The van der Waals surface area contributed by atoms with Crippen LogP contribution in [0.5, 0.6) is 0 Å². The van der Waals surface area contributed by atoms with E-state index in [1.165, 1.54) is 23.5 Å². The fraction of sp³-hybridized carbons (Fsp3) is 0. The van der Waals surface area contributed by atoms with Gasteiger partial charge in [-0.05, 0) is 29.6 Å². The van der Waals surface area contributed by atoms with Crippen molar-refractivity contribution in [2.75, 3.05) is 11.1 Å². The average Bonchev–Trinajstić information content (AvgIpc) is 2.80. The van der Waals surface area contributed by atoms with E-state index in [4.69, 9.17) is 23.1 Å². The molecule has 19 heavy (non-hydrogen) atoms. The van der Waals surface area contributed by atoms with E-state index in [-0.39, 0.29) is 11.5 Å². The highest BCUT2D eigenvalue weighted by atomic mass is 35.5. The average molecular weight is 296 g/mol. The molecule has 0 bridgehead atoms. The molecule has 1 aromatic heterocycles. The lowest BCUT2D eigenvalue weighted by Gasteiger charge is -2.06. The van der Waals surface area contributed by atoms with Crippen molar-refractivity contribution in [2.45, 2.75) is 0 Å². The molecule has 98 valence electrons. The number of nitrogens with two attached hydrogens (primary N) is 2. The minimum Gasteiger partial charge on any atom is -0.398 e. The van der Waals surface area contributed by atoms with Gasteiger partial charge in [-0.1, -0.05) is 11.6 Å². The van der Waals surface area contributed by atoms with Crippen LogP contribution in [0.2, 0.25) is 5.02 Å². The predicted octanol–water partition coefficient (Wildman–Crippen LogP) is 2.33. The Kier molecular flexibility index (Phi) is 3.73. The molecule has 5 nitrogen and oxygen atoms in total. The number of hydrogen-bond acceptors (Lipinski definition) is 4. The molecule has 0 atom stereocenters. The first kappa shape index (κ1) is 13.4. The zero-order chi connectivity index (χ0) is 14.0. The van der Waals surface area contributed by atoms with Gasteiger partial charge in [0.05, 0.1) is 16.3 Å². The van der Waals surface area contributed by atoms with Crippen LogP contribution in [0.15, 0.2) is 29.6 Å². The van der Waals surface area contributed by atoms with E-state index in [1.807, 2.05) is 0 Å². The fourth-order valence-corrected chi connectivity index (χ4v) is 2.37. The maximum absolute atomic E-state index is 12.0. The number of nitrogen functional groups attached to an aromatic ring is 1. The molecule has 0 saturated carbocycles. The van der Waals surface area contributed by atoms with Gasteiger partial charge < -0.3 is 16.8 Å². The summed E-state index contributed by atoms with van der Waals surface area (Å²) < 4.78 is 0. The predicted molar refractivity (Wildman–Crippen MR) is 76.7 cm³/mol. The molecule has 0 aliphatic carbocycles. The maximum atomic E-state index is 12.0. The quantitative estimate of drug-likeness (QED) is 0.758.